The molecule has 2 aromatic carbocycles. The maximum absolute atomic E-state index is 13.6. The molecule has 5 rings (SSSR count). The van der Waals surface area contributed by atoms with Gasteiger partial charge in [0.1, 0.15) is 11.6 Å². The smallest absolute Gasteiger partial charge is 0.224 e. The summed E-state index contributed by atoms with van der Waals surface area (Å²) in [5, 5.41) is 14.8. The van der Waals surface area contributed by atoms with E-state index >= 15 is 0 Å². The lowest BCUT2D eigenvalue weighted by Crippen LogP contribution is -2.40. The minimum absolute atomic E-state index is 0.0390. The normalized spacial score (nSPS) is 16.6. The van der Waals surface area contributed by atoms with E-state index in [0.29, 0.717) is 74.4 Å². The van der Waals surface area contributed by atoms with E-state index in [0.717, 1.165) is 11.1 Å². The third-order valence-electron chi connectivity index (χ3n) is 6.49. The molecule has 10 nitrogen and oxygen atoms in total. The molecular formula is C30H30FN7O3. The zero-order valence-electron chi connectivity index (χ0n) is 22.3. The number of benzene rings is 2. The number of rotatable bonds is 11. The number of aromatic nitrogens is 4. The maximum atomic E-state index is 13.6. The number of carbonyl (C=O) groups excluding carboxylic acids is 1. The van der Waals surface area contributed by atoms with Gasteiger partial charge in [-0.05, 0) is 35.9 Å². The SMILES string of the molecule is N#CCCNc1nccc(-c2[nH]c(CC3OCC(CNC(=O)Cc4ccccc4)CO3)nc2-c2ccc(F)cc2)n1. The molecule has 1 aliphatic heterocycles. The van der Waals surface area contributed by atoms with Crippen molar-refractivity contribution < 1.29 is 18.7 Å². The van der Waals surface area contributed by atoms with E-state index in [2.05, 4.69) is 31.7 Å². The van der Waals surface area contributed by atoms with Gasteiger partial charge in [0, 0.05) is 30.8 Å². The number of nitriles is 1. The first kappa shape index (κ1) is 27.9. The Bertz CT molecular complexity index is 1480. The summed E-state index contributed by atoms with van der Waals surface area (Å²) in [4.78, 5) is 29.2. The average molecular weight is 556 g/mol. The van der Waals surface area contributed by atoms with Crippen molar-refractivity contribution in [2.24, 2.45) is 5.92 Å². The minimum atomic E-state index is -0.514. The Morgan fingerprint density at radius 3 is 2.61 bits per heavy atom. The minimum Gasteiger partial charge on any atom is -0.355 e. The Hall–Kier alpha value is -4.66. The van der Waals surface area contributed by atoms with Crippen LogP contribution in [0.5, 0.6) is 0 Å². The Morgan fingerprint density at radius 2 is 1.85 bits per heavy atom. The van der Waals surface area contributed by atoms with Gasteiger partial charge in [0.25, 0.3) is 0 Å². The van der Waals surface area contributed by atoms with E-state index in [-0.39, 0.29) is 17.6 Å². The molecule has 0 atom stereocenters. The summed E-state index contributed by atoms with van der Waals surface area (Å²) in [6.45, 7) is 1.78. The van der Waals surface area contributed by atoms with Crippen LogP contribution in [0.1, 0.15) is 17.8 Å². The number of ether oxygens (including phenoxy) is 2. The lowest BCUT2D eigenvalue weighted by Gasteiger charge is -2.29. The number of nitrogens with zero attached hydrogens (tertiary/aromatic N) is 4. The molecule has 1 aliphatic rings. The van der Waals surface area contributed by atoms with Gasteiger partial charge in [-0.2, -0.15) is 5.26 Å². The zero-order chi connectivity index (χ0) is 28.4. The lowest BCUT2D eigenvalue weighted by molar-refractivity contribution is -0.198. The number of nitrogens with one attached hydrogen (secondary N) is 3. The third kappa shape index (κ3) is 7.72. The molecule has 11 heteroatoms. The summed E-state index contributed by atoms with van der Waals surface area (Å²) in [5.74, 6) is 0.673. The zero-order valence-corrected chi connectivity index (χ0v) is 22.3. The first-order valence-corrected chi connectivity index (χ1v) is 13.4. The van der Waals surface area contributed by atoms with Gasteiger partial charge in [-0.25, -0.2) is 19.3 Å². The second kappa shape index (κ2) is 13.6. The summed E-state index contributed by atoms with van der Waals surface area (Å²) in [6.07, 6.45) is 2.13. The third-order valence-corrected chi connectivity index (χ3v) is 6.49. The van der Waals surface area contributed by atoms with E-state index in [4.69, 9.17) is 19.7 Å². The molecule has 0 radical (unpaired) electrons. The molecule has 2 aromatic heterocycles. The highest BCUT2D eigenvalue weighted by atomic mass is 19.1. The van der Waals surface area contributed by atoms with Crippen LogP contribution in [0, 0.1) is 23.1 Å². The van der Waals surface area contributed by atoms with E-state index in [9.17, 15) is 9.18 Å². The second-order valence-corrected chi connectivity index (χ2v) is 9.65. The average Bonchev–Trinajstić information content (AvgIpc) is 3.42. The number of imidazole rings is 1. The summed E-state index contributed by atoms with van der Waals surface area (Å²) in [7, 11) is 0. The van der Waals surface area contributed by atoms with Crippen molar-refractivity contribution in [2.45, 2.75) is 25.6 Å². The summed E-state index contributed by atoms with van der Waals surface area (Å²) < 4.78 is 25.5. The highest BCUT2D eigenvalue weighted by Crippen LogP contribution is 2.30. The highest BCUT2D eigenvalue weighted by Gasteiger charge is 2.25. The van der Waals surface area contributed by atoms with Crippen LogP contribution in [0.25, 0.3) is 22.6 Å². The highest BCUT2D eigenvalue weighted by molar-refractivity contribution is 5.78. The first-order chi connectivity index (χ1) is 20.1. The van der Waals surface area contributed by atoms with Crippen LogP contribution >= 0.6 is 0 Å². The molecule has 0 saturated carbocycles. The van der Waals surface area contributed by atoms with Crippen LogP contribution in [0.2, 0.25) is 0 Å². The number of halogens is 1. The Labute approximate surface area is 237 Å². The van der Waals surface area contributed by atoms with E-state index < -0.39 is 6.29 Å². The van der Waals surface area contributed by atoms with Crippen molar-refractivity contribution in [1.82, 2.24) is 25.3 Å². The molecule has 0 spiro atoms. The fourth-order valence-electron chi connectivity index (χ4n) is 4.41. The monoisotopic (exact) mass is 555 g/mol. The molecule has 1 fully saturated rings. The molecule has 3 N–H and O–H groups in total. The van der Waals surface area contributed by atoms with Crippen LogP contribution in [0.15, 0.2) is 66.9 Å². The topological polar surface area (TPSA) is 138 Å². The largest absolute Gasteiger partial charge is 0.355 e. The summed E-state index contributed by atoms with van der Waals surface area (Å²) >= 11 is 0. The molecule has 0 bridgehead atoms. The number of aromatic amines is 1. The van der Waals surface area contributed by atoms with Gasteiger partial charge < -0.3 is 25.1 Å². The number of hydrogen-bond donors (Lipinski definition) is 3. The van der Waals surface area contributed by atoms with Gasteiger partial charge >= 0.3 is 0 Å². The van der Waals surface area contributed by atoms with Gasteiger partial charge in [-0.3, -0.25) is 4.79 Å². The lowest BCUT2D eigenvalue weighted by atomic mass is 10.1. The van der Waals surface area contributed by atoms with Crippen molar-refractivity contribution in [2.75, 3.05) is 31.6 Å². The molecule has 3 heterocycles. The molecular weight excluding hydrogens is 525 g/mol. The van der Waals surface area contributed by atoms with Crippen molar-refractivity contribution in [3.8, 4) is 28.7 Å². The number of anilines is 1. The van der Waals surface area contributed by atoms with Gasteiger partial charge in [-0.15, -0.1) is 0 Å². The molecule has 0 unspecified atom stereocenters. The van der Waals surface area contributed by atoms with Gasteiger partial charge in [0.05, 0.1) is 55.6 Å². The van der Waals surface area contributed by atoms with Crippen molar-refractivity contribution >= 4 is 11.9 Å². The fourth-order valence-corrected chi connectivity index (χ4v) is 4.41. The maximum Gasteiger partial charge on any atom is 0.224 e. The van der Waals surface area contributed by atoms with E-state index in [1.807, 2.05) is 30.3 Å². The van der Waals surface area contributed by atoms with Crippen LogP contribution in [-0.2, 0) is 27.1 Å². The summed E-state index contributed by atoms with van der Waals surface area (Å²) in [5.41, 5.74) is 3.53. The number of H-pyrrole nitrogens is 1. The van der Waals surface area contributed by atoms with Crippen LogP contribution in [0.3, 0.4) is 0 Å². The molecule has 1 amide bonds. The van der Waals surface area contributed by atoms with Crippen molar-refractivity contribution in [3.05, 3.63) is 84.1 Å². The Kier molecular flexibility index (Phi) is 9.26. The molecule has 41 heavy (non-hydrogen) atoms. The predicted octanol–water partition coefficient (Wildman–Crippen LogP) is 3.89. The van der Waals surface area contributed by atoms with Gasteiger partial charge in [0.2, 0.25) is 11.9 Å². The van der Waals surface area contributed by atoms with Crippen LogP contribution in [0.4, 0.5) is 10.3 Å². The van der Waals surface area contributed by atoms with E-state index in [1.165, 1.54) is 12.1 Å². The summed E-state index contributed by atoms with van der Waals surface area (Å²) in [6, 6.07) is 19.5. The number of amides is 1. The fraction of sp³-hybridized carbons (Fsp3) is 0.300. The van der Waals surface area contributed by atoms with Crippen molar-refractivity contribution in [1.29, 1.82) is 5.26 Å². The predicted molar refractivity (Wildman–Crippen MR) is 150 cm³/mol. The Morgan fingerprint density at radius 1 is 1.07 bits per heavy atom. The quantitative estimate of drug-likeness (QED) is 0.237. The first-order valence-electron chi connectivity index (χ1n) is 13.4. The molecule has 1 saturated heterocycles. The molecule has 0 aliphatic carbocycles. The second-order valence-electron chi connectivity index (χ2n) is 9.65. The van der Waals surface area contributed by atoms with Crippen LogP contribution < -0.4 is 10.6 Å². The van der Waals surface area contributed by atoms with Crippen molar-refractivity contribution in [3.63, 3.8) is 0 Å². The standard InChI is InChI=1S/C30H30FN7O3/c31-23-9-7-22(8-10-23)28-29(24-11-14-34-30(36-24)33-13-4-12-32)38-25(37-28)16-27-40-18-21(19-41-27)17-35-26(39)15-20-5-2-1-3-6-20/h1-3,5-11,14,21,27H,4,13,15-19H2,(H,35,39)(H,37,38)(H,33,34,36). The Balaban J connectivity index is 1.22. The number of carbonyl (C=O) groups is 1. The molecule has 210 valence electrons. The number of hydrogen-bond acceptors (Lipinski definition) is 8. The van der Waals surface area contributed by atoms with Crippen LogP contribution in [-0.4, -0.2) is 58.4 Å². The van der Waals surface area contributed by atoms with E-state index in [1.54, 1.807) is 24.4 Å². The molecule has 4 aromatic rings. The van der Waals surface area contributed by atoms with Gasteiger partial charge in [-0.1, -0.05) is 30.3 Å². The van der Waals surface area contributed by atoms with Gasteiger partial charge in [0.15, 0.2) is 6.29 Å².